The Balaban J connectivity index is 1.77. The smallest absolute Gasteiger partial charge is 0.329 e. The van der Waals surface area contributed by atoms with Crippen LogP contribution in [0.4, 0.5) is 0 Å². The second kappa shape index (κ2) is 7.03. The van der Waals surface area contributed by atoms with Crippen molar-refractivity contribution in [1.29, 1.82) is 0 Å². The number of carbonyl (C=O) groups excluding carboxylic acids is 3. The summed E-state index contributed by atoms with van der Waals surface area (Å²) in [5.41, 5.74) is 0.875. The van der Waals surface area contributed by atoms with E-state index in [0.29, 0.717) is 11.5 Å². The second-order valence-electron chi connectivity index (χ2n) is 5.43. The molecule has 0 saturated carbocycles. The first-order valence-corrected chi connectivity index (χ1v) is 8.25. The van der Waals surface area contributed by atoms with Gasteiger partial charge < -0.3 is 9.15 Å². The van der Waals surface area contributed by atoms with Crippen molar-refractivity contribution in [3.63, 3.8) is 0 Å². The van der Waals surface area contributed by atoms with Gasteiger partial charge in [-0.25, -0.2) is 0 Å². The van der Waals surface area contributed by atoms with Gasteiger partial charge in [-0.1, -0.05) is 34.1 Å². The lowest BCUT2D eigenvalue weighted by molar-refractivity contribution is -0.151. The molecule has 0 bridgehead atoms. The third kappa shape index (κ3) is 3.69. The van der Waals surface area contributed by atoms with Crippen molar-refractivity contribution in [2.24, 2.45) is 5.92 Å². The van der Waals surface area contributed by atoms with Gasteiger partial charge in [-0.05, 0) is 37.3 Å². The Hall–Kier alpha value is -2.73. The third-order valence-corrected chi connectivity index (χ3v) is 4.28. The zero-order chi connectivity index (χ0) is 18.0. The van der Waals surface area contributed by atoms with E-state index in [0.717, 1.165) is 22.2 Å². The molecule has 1 atom stereocenters. The van der Waals surface area contributed by atoms with Gasteiger partial charge in [0.15, 0.2) is 17.5 Å². The standard InChI is InChI=1S/C19H13BrO5/c1-11-10-16(22)18(19(23)24-11)15(21)8-6-12-7-9-17(25-12)13-4-2-3-5-14(13)20/h2-10,18H,1H3. The predicted octanol–water partition coefficient (Wildman–Crippen LogP) is 3.94. The van der Waals surface area contributed by atoms with E-state index in [4.69, 9.17) is 9.15 Å². The molecular formula is C19H13BrO5. The summed E-state index contributed by atoms with van der Waals surface area (Å²) in [6.07, 6.45) is 3.73. The van der Waals surface area contributed by atoms with Crippen LogP contribution in [-0.4, -0.2) is 17.5 Å². The van der Waals surface area contributed by atoms with E-state index >= 15 is 0 Å². The van der Waals surface area contributed by atoms with E-state index in [2.05, 4.69) is 15.9 Å². The largest absolute Gasteiger partial charge is 0.457 e. The maximum Gasteiger partial charge on any atom is 0.329 e. The number of rotatable bonds is 4. The monoisotopic (exact) mass is 400 g/mol. The van der Waals surface area contributed by atoms with Crippen LogP contribution in [0.2, 0.25) is 0 Å². The molecule has 25 heavy (non-hydrogen) atoms. The van der Waals surface area contributed by atoms with Crippen LogP contribution in [0.5, 0.6) is 0 Å². The third-order valence-electron chi connectivity index (χ3n) is 3.59. The Kier molecular flexibility index (Phi) is 4.81. The molecule has 1 aromatic carbocycles. The molecule has 1 aromatic heterocycles. The highest BCUT2D eigenvalue weighted by atomic mass is 79.9. The summed E-state index contributed by atoms with van der Waals surface area (Å²) in [7, 11) is 0. The minimum absolute atomic E-state index is 0.187. The van der Waals surface area contributed by atoms with Crippen LogP contribution in [0, 0.1) is 5.92 Å². The van der Waals surface area contributed by atoms with E-state index in [-0.39, 0.29) is 5.76 Å². The second-order valence-corrected chi connectivity index (χ2v) is 6.28. The Morgan fingerprint density at radius 3 is 2.64 bits per heavy atom. The van der Waals surface area contributed by atoms with Crippen molar-refractivity contribution in [2.75, 3.05) is 0 Å². The van der Waals surface area contributed by atoms with Gasteiger partial charge in [-0.2, -0.15) is 0 Å². The first kappa shape index (κ1) is 17.1. The van der Waals surface area contributed by atoms with Gasteiger partial charge in [0.2, 0.25) is 0 Å². The van der Waals surface area contributed by atoms with Crippen molar-refractivity contribution in [3.8, 4) is 11.3 Å². The minimum atomic E-state index is -1.45. The van der Waals surface area contributed by atoms with Crippen molar-refractivity contribution < 1.29 is 23.5 Å². The predicted molar refractivity (Wildman–Crippen MR) is 94.2 cm³/mol. The van der Waals surface area contributed by atoms with Crippen molar-refractivity contribution in [1.82, 2.24) is 0 Å². The molecule has 2 aromatic rings. The lowest BCUT2D eigenvalue weighted by Crippen LogP contribution is -2.34. The van der Waals surface area contributed by atoms with Gasteiger partial charge in [-0.3, -0.25) is 14.4 Å². The molecule has 0 saturated heterocycles. The SMILES string of the molecule is CC1=CC(=O)C(C(=O)C=Cc2ccc(-c3ccccc3Br)o2)C(=O)O1. The van der Waals surface area contributed by atoms with Gasteiger partial charge in [0, 0.05) is 16.1 Å². The number of allylic oxidation sites excluding steroid dienone is 3. The van der Waals surface area contributed by atoms with E-state index < -0.39 is 23.5 Å². The molecular weight excluding hydrogens is 388 g/mol. The topological polar surface area (TPSA) is 73.6 Å². The maximum atomic E-state index is 12.1. The molecule has 2 heterocycles. The number of cyclic esters (lactones) is 1. The number of hydrogen-bond donors (Lipinski definition) is 0. The zero-order valence-corrected chi connectivity index (χ0v) is 14.8. The zero-order valence-electron chi connectivity index (χ0n) is 13.2. The fourth-order valence-corrected chi connectivity index (χ4v) is 2.89. The van der Waals surface area contributed by atoms with Crippen LogP contribution in [0.25, 0.3) is 17.4 Å². The molecule has 0 spiro atoms. The number of hydrogen-bond acceptors (Lipinski definition) is 5. The molecule has 3 rings (SSSR count). The molecule has 1 aliphatic heterocycles. The van der Waals surface area contributed by atoms with Crippen molar-refractivity contribution in [3.05, 3.63) is 64.5 Å². The first-order chi connectivity index (χ1) is 12.0. The van der Waals surface area contributed by atoms with Crippen LogP contribution >= 0.6 is 15.9 Å². The van der Waals surface area contributed by atoms with Crippen molar-refractivity contribution >= 4 is 39.5 Å². The summed E-state index contributed by atoms with van der Waals surface area (Å²) in [5, 5.41) is 0. The number of carbonyl (C=O) groups is 3. The highest BCUT2D eigenvalue weighted by Gasteiger charge is 2.36. The van der Waals surface area contributed by atoms with Gasteiger partial charge in [0.25, 0.3) is 0 Å². The number of esters is 1. The van der Waals surface area contributed by atoms with E-state index in [9.17, 15) is 14.4 Å². The molecule has 0 aliphatic carbocycles. The number of halogens is 1. The molecule has 126 valence electrons. The number of ketones is 2. The Labute approximate surface area is 152 Å². The lowest BCUT2D eigenvalue weighted by Gasteiger charge is -2.15. The van der Waals surface area contributed by atoms with Crippen molar-refractivity contribution in [2.45, 2.75) is 6.92 Å². The average molecular weight is 401 g/mol. The van der Waals surface area contributed by atoms with E-state index in [1.165, 1.54) is 13.0 Å². The highest BCUT2D eigenvalue weighted by Crippen LogP contribution is 2.29. The van der Waals surface area contributed by atoms with Gasteiger partial charge in [-0.15, -0.1) is 0 Å². The summed E-state index contributed by atoms with van der Waals surface area (Å²) >= 11 is 3.45. The molecule has 0 fully saturated rings. The minimum Gasteiger partial charge on any atom is -0.457 e. The van der Waals surface area contributed by atoms with Gasteiger partial charge in [0.1, 0.15) is 17.3 Å². The Morgan fingerprint density at radius 2 is 1.92 bits per heavy atom. The summed E-state index contributed by atoms with van der Waals surface area (Å²) in [5.74, 6) is -2.26. The van der Waals surface area contributed by atoms with Crippen LogP contribution < -0.4 is 0 Å². The molecule has 0 radical (unpaired) electrons. The summed E-state index contributed by atoms with van der Waals surface area (Å²) in [6, 6.07) is 11.0. The lowest BCUT2D eigenvalue weighted by atomic mass is 9.96. The number of ether oxygens (including phenoxy) is 1. The molecule has 6 heteroatoms. The van der Waals surface area contributed by atoms with Crippen LogP contribution in [0.3, 0.4) is 0 Å². The first-order valence-electron chi connectivity index (χ1n) is 7.46. The summed E-state index contributed by atoms with van der Waals surface area (Å²) < 4.78 is 11.4. The van der Waals surface area contributed by atoms with Gasteiger partial charge in [0.05, 0.1) is 0 Å². The van der Waals surface area contributed by atoms with E-state index in [1.54, 1.807) is 12.1 Å². The molecule has 5 nitrogen and oxygen atoms in total. The molecule has 0 N–H and O–H groups in total. The quantitative estimate of drug-likeness (QED) is 0.441. The highest BCUT2D eigenvalue weighted by molar-refractivity contribution is 9.10. The summed E-state index contributed by atoms with van der Waals surface area (Å²) in [6.45, 7) is 1.48. The fourth-order valence-electron chi connectivity index (χ4n) is 2.41. The Morgan fingerprint density at radius 1 is 1.16 bits per heavy atom. The van der Waals surface area contributed by atoms with Crippen LogP contribution in [0.15, 0.2) is 63.2 Å². The summed E-state index contributed by atoms with van der Waals surface area (Å²) in [4.78, 5) is 35.7. The average Bonchev–Trinajstić information content (AvgIpc) is 3.01. The number of benzene rings is 1. The van der Waals surface area contributed by atoms with Crippen LogP contribution in [-0.2, 0) is 19.1 Å². The normalized spacial score (nSPS) is 17.5. The van der Waals surface area contributed by atoms with E-state index in [1.807, 2.05) is 24.3 Å². The molecule has 0 amide bonds. The maximum absolute atomic E-state index is 12.1. The number of furan rings is 1. The van der Waals surface area contributed by atoms with Gasteiger partial charge >= 0.3 is 5.97 Å². The molecule has 1 unspecified atom stereocenters. The fraction of sp³-hybridized carbons (Fsp3) is 0.105. The Bertz CT molecular complexity index is 919. The van der Waals surface area contributed by atoms with Crippen LogP contribution in [0.1, 0.15) is 12.7 Å². The molecule has 1 aliphatic rings.